The number of ether oxygens (including phenoxy) is 3. The van der Waals surface area contributed by atoms with Gasteiger partial charge in [0.25, 0.3) is 0 Å². The number of rotatable bonds is 8. The molecule has 0 bridgehead atoms. The van der Waals surface area contributed by atoms with Gasteiger partial charge >= 0.3 is 0 Å². The van der Waals surface area contributed by atoms with E-state index in [0.29, 0.717) is 25.8 Å². The second kappa shape index (κ2) is 9.28. The van der Waals surface area contributed by atoms with Gasteiger partial charge < -0.3 is 18.8 Å². The first-order valence-corrected chi connectivity index (χ1v) is 14.8. The van der Waals surface area contributed by atoms with E-state index in [9.17, 15) is 0 Å². The Morgan fingerprint density at radius 1 is 1.26 bits per heavy atom. The summed E-state index contributed by atoms with van der Waals surface area (Å²) < 4.78 is 19.7. The van der Waals surface area contributed by atoms with E-state index >= 15 is 0 Å². The maximum absolute atomic E-state index is 6.30. The first-order chi connectivity index (χ1) is 14.8. The van der Waals surface area contributed by atoms with Crippen LogP contribution >= 0.6 is 11.6 Å². The zero-order valence-electron chi connectivity index (χ0n) is 18.7. The highest BCUT2D eigenvalue weighted by atomic mass is 35.5. The number of nitrogens with zero attached hydrogens (tertiary/aromatic N) is 3. The average molecular weight is 460 g/mol. The Hall–Kier alpha value is -1.93. The molecule has 166 valence electrons. The van der Waals surface area contributed by atoms with E-state index < -0.39 is 8.07 Å². The Morgan fingerprint density at radius 2 is 2.10 bits per heavy atom. The third-order valence-corrected chi connectivity index (χ3v) is 7.25. The zero-order chi connectivity index (χ0) is 22.0. The van der Waals surface area contributed by atoms with Crippen LogP contribution in [0.2, 0.25) is 31.0 Å². The monoisotopic (exact) mass is 459 g/mol. The Labute approximate surface area is 189 Å². The van der Waals surface area contributed by atoms with Crippen molar-refractivity contribution in [3.63, 3.8) is 0 Å². The van der Waals surface area contributed by atoms with Gasteiger partial charge in [0, 0.05) is 32.9 Å². The molecule has 1 atom stereocenters. The van der Waals surface area contributed by atoms with E-state index in [-0.39, 0.29) is 11.4 Å². The van der Waals surface area contributed by atoms with Crippen LogP contribution in [0.4, 0.5) is 0 Å². The van der Waals surface area contributed by atoms with Crippen LogP contribution in [0.5, 0.6) is 5.88 Å². The van der Waals surface area contributed by atoms with Crippen LogP contribution in [0.25, 0.3) is 22.2 Å². The fourth-order valence-electron chi connectivity index (χ4n) is 3.65. The van der Waals surface area contributed by atoms with E-state index in [4.69, 9.17) is 25.8 Å². The van der Waals surface area contributed by atoms with E-state index in [1.54, 1.807) is 0 Å². The van der Waals surface area contributed by atoms with Crippen molar-refractivity contribution >= 4 is 30.7 Å². The van der Waals surface area contributed by atoms with E-state index in [0.717, 1.165) is 41.2 Å². The molecule has 1 fully saturated rings. The molecule has 1 saturated heterocycles. The molecule has 0 radical (unpaired) electrons. The molecular weight excluding hydrogens is 430 g/mol. The quantitative estimate of drug-likeness (QED) is 0.251. The molecule has 3 aromatic rings. The predicted molar refractivity (Wildman–Crippen MR) is 127 cm³/mol. The lowest BCUT2D eigenvalue weighted by Crippen LogP contribution is -2.22. The number of aromatic nitrogens is 3. The van der Waals surface area contributed by atoms with Gasteiger partial charge in [0.1, 0.15) is 12.8 Å². The Balaban J connectivity index is 1.74. The highest BCUT2D eigenvalue weighted by Gasteiger charge is 2.24. The maximum Gasteiger partial charge on any atom is 0.228 e. The van der Waals surface area contributed by atoms with Crippen molar-refractivity contribution in [2.24, 2.45) is 0 Å². The number of benzene rings is 1. The van der Waals surface area contributed by atoms with Crippen molar-refractivity contribution in [3.05, 3.63) is 41.3 Å². The third kappa shape index (κ3) is 5.47. The highest BCUT2D eigenvalue weighted by molar-refractivity contribution is 6.76. The summed E-state index contributed by atoms with van der Waals surface area (Å²) in [5, 5.41) is 1.02. The molecular formula is C23H30ClN3O3Si. The first-order valence-electron chi connectivity index (χ1n) is 10.8. The highest BCUT2D eigenvalue weighted by Crippen LogP contribution is 2.37. The van der Waals surface area contributed by atoms with Crippen molar-refractivity contribution < 1.29 is 14.2 Å². The van der Waals surface area contributed by atoms with E-state index in [1.807, 2.05) is 4.57 Å². The van der Waals surface area contributed by atoms with Crippen molar-refractivity contribution in [3.8, 4) is 17.0 Å². The SMILES string of the molecule is Cc1cccc(-c2cn(COCC[Si](C)(C)C)c3nc(Cl)nc(OC4CCOC4)c23)c1. The summed E-state index contributed by atoms with van der Waals surface area (Å²) in [4.78, 5) is 8.99. The Morgan fingerprint density at radius 3 is 2.81 bits per heavy atom. The number of fused-ring (bicyclic) bond motifs is 1. The van der Waals surface area contributed by atoms with Crippen LogP contribution in [-0.4, -0.2) is 48.5 Å². The Kier molecular flexibility index (Phi) is 6.67. The molecule has 1 aliphatic heterocycles. The van der Waals surface area contributed by atoms with Gasteiger partial charge in [-0.15, -0.1) is 0 Å². The second-order valence-electron chi connectivity index (χ2n) is 9.33. The second-order valence-corrected chi connectivity index (χ2v) is 15.3. The van der Waals surface area contributed by atoms with Crippen LogP contribution in [0.3, 0.4) is 0 Å². The van der Waals surface area contributed by atoms with Gasteiger partial charge in [0.15, 0.2) is 5.65 Å². The molecule has 0 amide bonds. The normalized spacial score (nSPS) is 16.9. The summed E-state index contributed by atoms with van der Waals surface area (Å²) in [6, 6.07) is 9.50. The van der Waals surface area contributed by atoms with Gasteiger partial charge in [0.05, 0.1) is 18.6 Å². The summed E-state index contributed by atoms with van der Waals surface area (Å²) in [5.41, 5.74) is 4.01. The largest absolute Gasteiger partial charge is 0.471 e. The molecule has 31 heavy (non-hydrogen) atoms. The van der Waals surface area contributed by atoms with Crippen LogP contribution in [0, 0.1) is 6.92 Å². The van der Waals surface area contributed by atoms with Crippen LogP contribution in [0.1, 0.15) is 12.0 Å². The zero-order valence-corrected chi connectivity index (χ0v) is 20.4. The minimum atomic E-state index is -1.15. The van der Waals surface area contributed by atoms with E-state index in [2.05, 4.69) is 67.0 Å². The van der Waals surface area contributed by atoms with E-state index in [1.165, 1.54) is 5.56 Å². The standard InChI is InChI=1S/C23H30ClN3O3Si/c1-16-6-5-7-17(12-16)19-13-27(15-29-10-11-31(2,3)4)21-20(19)22(26-23(24)25-21)30-18-8-9-28-14-18/h5-7,12-13,18H,8-11,14-15H2,1-4H3. The number of aryl methyl sites for hydroxylation is 1. The van der Waals surface area contributed by atoms with Crippen molar-refractivity contribution in [2.45, 2.75) is 51.9 Å². The molecule has 2 aromatic heterocycles. The molecule has 1 aliphatic rings. The maximum atomic E-state index is 6.30. The lowest BCUT2D eigenvalue weighted by Gasteiger charge is -2.16. The number of hydrogen-bond acceptors (Lipinski definition) is 5. The molecule has 0 N–H and O–H groups in total. The summed E-state index contributed by atoms with van der Waals surface area (Å²) in [6.45, 7) is 11.5. The fraction of sp³-hybridized carbons (Fsp3) is 0.478. The smallest absolute Gasteiger partial charge is 0.228 e. The molecule has 4 rings (SSSR count). The first kappa shape index (κ1) is 22.3. The van der Waals surface area contributed by atoms with Crippen molar-refractivity contribution in [1.82, 2.24) is 14.5 Å². The lowest BCUT2D eigenvalue weighted by molar-refractivity contribution is 0.0899. The minimum absolute atomic E-state index is 0.0316. The molecule has 3 heterocycles. The van der Waals surface area contributed by atoms with Gasteiger partial charge in [0.2, 0.25) is 11.2 Å². The molecule has 1 aromatic carbocycles. The topological polar surface area (TPSA) is 58.4 Å². The Bertz CT molecular complexity index is 1060. The molecule has 0 spiro atoms. The molecule has 8 heteroatoms. The van der Waals surface area contributed by atoms with Crippen molar-refractivity contribution in [1.29, 1.82) is 0 Å². The number of halogens is 1. The van der Waals surface area contributed by atoms with Gasteiger partial charge in [-0.3, -0.25) is 0 Å². The summed E-state index contributed by atoms with van der Waals surface area (Å²) in [6.07, 6.45) is 2.87. The van der Waals surface area contributed by atoms with Gasteiger partial charge in [-0.25, -0.2) is 0 Å². The summed E-state index contributed by atoms with van der Waals surface area (Å²) in [5.74, 6) is 0.503. The molecule has 1 unspecified atom stereocenters. The predicted octanol–water partition coefficient (Wildman–Crippen LogP) is 5.54. The third-order valence-electron chi connectivity index (χ3n) is 5.38. The van der Waals surface area contributed by atoms with Gasteiger partial charge in [-0.1, -0.05) is 49.5 Å². The lowest BCUT2D eigenvalue weighted by atomic mass is 10.0. The molecule has 0 saturated carbocycles. The average Bonchev–Trinajstić information content (AvgIpc) is 3.32. The van der Waals surface area contributed by atoms with Crippen molar-refractivity contribution in [2.75, 3.05) is 19.8 Å². The minimum Gasteiger partial charge on any atom is -0.471 e. The van der Waals surface area contributed by atoms with Crippen LogP contribution < -0.4 is 4.74 Å². The van der Waals surface area contributed by atoms with Gasteiger partial charge in [-0.2, -0.15) is 9.97 Å². The molecule has 6 nitrogen and oxygen atoms in total. The molecule has 0 aliphatic carbocycles. The van der Waals surface area contributed by atoms with Crippen LogP contribution in [-0.2, 0) is 16.2 Å². The summed E-state index contributed by atoms with van der Waals surface area (Å²) in [7, 11) is -1.15. The summed E-state index contributed by atoms with van der Waals surface area (Å²) >= 11 is 6.30. The number of hydrogen-bond donors (Lipinski definition) is 0. The van der Waals surface area contributed by atoms with Crippen LogP contribution in [0.15, 0.2) is 30.5 Å². The fourth-order valence-corrected chi connectivity index (χ4v) is 4.56. The van der Waals surface area contributed by atoms with Gasteiger partial charge in [-0.05, 0) is 30.1 Å².